The van der Waals surface area contributed by atoms with Gasteiger partial charge in [-0.05, 0) is 38.1 Å². The quantitative estimate of drug-likeness (QED) is 0.534. The van der Waals surface area contributed by atoms with E-state index in [9.17, 15) is 0 Å². The fourth-order valence-electron chi connectivity index (χ4n) is 1.87. The van der Waals surface area contributed by atoms with E-state index in [1.54, 1.807) is 0 Å². The van der Waals surface area contributed by atoms with E-state index in [0.29, 0.717) is 6.04 Å². The van der Waals surface area contributed by atoms with Gasteiger partial charge in [-0.25, -0.2) is 0 Å². The summed E-state index contributed by atoms with van der Waals surface area (Å²) in [6, 6.07) is 0.575. The van der Waals surface area contributed by atoms with Crippen molar-refractivity contribution in [2.45, 2.75) is 52.0 Å². The molecule has 1 rings (SSSR count). The van der Waals surface area contributed by atoms with Crippen LogP contribution in [0.4, 0.5) is 0 Å². The summed E-state index contributed by atoms with van der Waals surface area (Å²) in [5.74, 6) is 0.863. The standard InChI is InChI=1S/C14H29NO2/c1-3-5-9-16-10-11-17-12-14(13-6-7-13)15-8-4-2/h13-15H,3-12H2,1-2H3. The lowest BCUT2D eigenvalue weighted by Crippen LogP contribution is -2.36. The average Bonchev–Trinajstić information content (AvgIpc) is 3.16. The van der Waals surface area contributed by atoms with Gasteiger partial charge < -0.3 is 14.8 Å². The van der Waals surface area contributed by atoms with E-state index in [-0.39, 0.29) is 0 Å². The molecule has 1 fully saturated rings. The Hall–Kier alpha value is -0.120. The molecular weight excluding hydrogens is 214 g/mol. The van der Waals surface area contributed by atoms with Gasteiger partial charge in [-0.15, -0.1) is 0 Å². The van der Waals surface area contributed by atoms with E-state index in [0.717, 1.165) is 45.3 Å². The maximum atomic E-state index is 5.69. The van der Waals surface area contributed by atoms with Crippen molar-refractivity contribution in [3.8, 4) is 0 Å². The van der Waals surface area contributed by atoms with E-state index in [4.69, 9.17) is 9.47 Å². The number of nitrogens with one attached hydrogen (secondary N) is 1. The average molecular weight is 243 g/mol. The summed E-state index contributed by atoms with van der Waals surface area (Å²) in [4.78, 5) is 0. The molecule has 0 amide bonds. The third-order valence-corrected chi connectivity index (χ3v) is 3.16. The van der Waals surface area contributed by atoms with Crippen LogP contribution in [0.3, 0.4) is 0 Å². The summed E-state index contributed by atoms with van der Waals surface area (Å²) < 4.78 is 11.2. The first-order valence-corrected chi connectivity index (χ1v) is 7.27. The number of hydrogen-bond donors (Lipinski definition) is 1. The molecule has 1 aliphatic carbocycles. The molecule has 1 N–H and O–H groups in total. The predicted octanol–water partition coefficient (Wildman–Crippen LogP) is 2.60. The highest BCUT2D eigenvalue weighted by molar-refractivity contribution is 4.86. The van der Waals surface area contributed by atoms with E-state index < -0.39 is 0 Å². The lowest BCUT2D eigenvalue weighted by molar-refractivity contribution is 0.0359. The molecule has 102 valence electrons. The minimum absolute atomic E-state index is 0.575. The Kier molecular flexibility index (Phi) is 8.67. The summed E-state index contributed by atoms with van der Waals surface area (Å²) in [7, 11) is 0. The predicted molar refractivity (Wildman–Crippen MR) is 71.4 cm³/mol. The lowest BCUT2D eigenvalue weighted by atomic mass is 10.2. The molecule has 0 aliphatic heterocycles. The first-order valence-electron chi connectivity index (χ1n) is 7.27. The second-order valence-corrected chi connectivity index (χ2v) is 4.94. The molecule has 0 aromatic carbocycles. The SMILES string of the molecule is CCCCOCCOCC(NCCC)C1CC1. The number of ether oxygens (including phenoxy) is 2. The fourth-order valence-corrected chi connectivity index (χ4v) is 1.87. The molecule has 3 nitrogen and oxygen atoms in total. The monoisotopic (exact) mass is 243 g/mol. The Balaban J connectivity index is 1.91. The molecule has 0 aromatic rings. The molecule has 1 saturated carbocycles. The minimum atomic E-state index is 0.575. The maximum Gasteiger partial charge on any atom is 0.0701 e. The molecule has 0 bridgehead atoms. The maximum absolute atomic E-state index is 5.69. The molecule has 0 aromatic heterocycles. The van der Waals surface area contributed by atoms with Gasteiger partial charge in [0.25, 0.3) is 0 Å². The van der Waals surface area contributed by atoms with Crippen LogP contribution < -0.4 is 5.32 Å². The Morgan fingerprint density at radius 1 is 1.06 bits per heavy atom. The summed E-state index contributed by atoms with van der Waals surface area (Å²) in [5, 5.41) is 3.58. The van der Waals surface area contributed by atoms with Gasteiger partial charge in [0, 0.05) is 12.6 Å². The first-order chi connectivity index (χ1) is 8.38. The van der Waals surface area contributed by atoms with Crippen molar-refractivity contribution >= 4 is 0 Å². The van der Waals surface area contributed by atoms with Crippen molar-refractivity contribution in [1.29, 1.82) is 0 Å². The Morgan fingerprint density at radius 2 is 1.82 bits per heavy atom. The van der Waals surface area contributed by atoms with Crippen molar-refractivity contribution in [2.24, 2.45) is 5.92 Å². The second kappa shape index (κ2) is 9.86. The Bertz CT molecular complexity index is 172. The zero-order chi connectivity index (χ0) is 12.3. The van der Waals surface area contributed by atoms with Crippen LogP contribution >= 0.6 is 0 Å². The summed E-state index contributed by atoms with van der Waals surface area (Å²) in [6.45, 7) is 8.70. The summed E-state index contributed by atoms with van der Waals surface area (Å²) in [5.41, 5.74) is 0. The Morgan fingerprint density at radius 3 is 2.47 bits per heavy atom. The van der Waals surface area contributed by atoms with Crippen LogP contribution in [0.5, 0.6) is 0 Å². The van der Waals surface area contributed by atoms with E-state index in [1.165, 1.54) is 25.7 Å². The highest BCUT2D eigenvalue weighted by Crippen LogP contribution is 2.32. The van der Waals surface area contributed by atoms with Crippen LogP contribution in [0, 0.1) is 5.92 Å². The summed E-state index contributed by atoms with van der Waals surface area (Å²) >= 11 is 0. The van der Waals surface area contributed by atoms with Crippen molar-refractivity contribution in [2.75, 3.05) is 33.0 Å². The lowest BCUT2D eigenvalue weighted by Gasteiger charge is -2.18. The molecular formula is C14H29NO2. The number of hydrogen-bond acceptors (Lipinski definition) is 3. The van der Waals surface area contributed by atoms with E-state index in [1.807, 2.05) is 0 Å². The molecule has 0 heterocycles. The zero-order valence-electron chi connectivity index (χ0n) is 11.5. The van der Waals surface area contributed by atoms with Crippen LogP contribution in [-0.4, -0.2) is 39.0 Å². The van der Waals surface area contributed by atoms with Crippen molar-refractivity contribution < 1.29 is 9.47 Å². The highest BCUT2D eigenvalue weighted by Gasteiger charge is 2.30. The van der Waals surface area contributed by atoms with Crippen LogP contribution in [0.2, 0.25) is 0 Å². The van der Waals surface area contributed by atoms with Crippen LogP contribution in [0.25, 0.3) is 0 Å². The molecule has 0 saturated heterocycles. The molecule has 1 atom stereocenters. The molecule has 1 unspecified atom stereocenters. The molecule has 17 heavy (non-hydrogen) atoms. The van der Waals surface area contributed by atoms with Crippen molar-refractivity contribution in [1.82, 2.24) is 5.32 Å². The molecule has 1 aliphatic rings. The van der Waals surface area contributed by atoms with Gasteiger partial charge in [0.15, 0.2) is 0 Å². The van der Waals surface area contributed by atoms with Gasteiger partial charge in [-0.2, -0.15) is 0 Å². The number of unbranched alkanes of at least 4 members (excludes halogenated alkanes) is 1. The van der Waals surface area contributed by atoms with Crippen LogP contribution in [0.1, 0.15) is 46.0 Å². The second-order valence-electron chi connectivity index (χ2n) is 4.94. The Labute approximate surface area is 106 Å². The minimum Gasteiger partial charge on any atom is -0.379 e. The van der Waals surface area contributed by atoms with Crippen LogP contribution in [-0.2, 0) is 9.47 Å². The first kappa shape index (κ1) is 14.9. The van der Waals surface area contributed by atoms with E-state index >= 15 is 0 Å². The van der Waals surface area contributed by atoms with Crippen LogP contribution in [0.15, 0.2) is 0 Å². The van der Waals surface area contributed by atoms with Gasteiger partial charge in [0.2, 0.25) is 0 Å². The van der Waals surface area contributed by atoms with Gasteiger partial charge >= 0.3 is 0 Å². The molecule has 0 spiro atoms. The van der Waals surface area contributed by atoms with Crippen molar-refractivity contribution in [3.05, 3.63) is 0 Å². The third-order valence-electron chi connectivity index (χ3n) is 3.16. The van der Waals surface area contributed by atoms with Crippen molar-refractivity contribution in [3.63, 3.8) is 0 Å². The molecule has 3 heteroatoms. The van der Waals surface area contributed by atoms with Gasteiger partial charge in [0.1, 0.15) is 0 Å². The smallest absolute Gasteiger partial charge is 0.0701 e. The topological polar surface area (TPSA) is 30.5 Å². The van der Waals surface area contributed by atoms with E-state index in [2.05, 4.69) is 19.2 Å². The fraction of sp³-hybridized carbons (Fsp3) is 1.00. The zero-order valence-corrected chi connectivity index (χ0v) is 11.5. The molecule has 0 radical (unpaired) electrons. The third kappa shape index (κ3) is 7.74. The largest absolute Gasteiger partial charge is 0.379 e. The normalized spacial score (nSPS) is 17.3. The van der Waals surface area contributed by atoms with Gasteiger partial charge in [-0.1, -0.05) is 20.3 Å². The van der Waals surface area contributed by atoms with Gasteiger partial charge in [-0.3, -0.25) is 0 Å². The summed E-state index contributed by atoms with van der Waals surface area (Å²) in [6.07, 6.45) is 6.30. The number of rotatable bonds is 12. The highest BCUT2D eigenvalue weighted by atomic mass is 16.5. The van der Waals surface area contributed by atoms with Gasteiger partial charge in [0.05, 0.1) is 19.8 Å².